The van der Waals surface area contributed by atoms with Gasteiger partial charge in [-0.05, 0) is 45.6 Å². The van der Waals surface area contributed by atoms with Crippen LogP contribution >= 0.6 is 0 Å². The molecule has 0 saturated heterocycles. The van der Waals surface area contributed by atoms with Gasteiger partial charge in [-0.15, -0.1) is 0 Å². The zero-order chi connectivity index (χ0) is 12.0. The summed E-state index contributed by atoms with van der Waals surface area (Å²) in [5, 5.41) is 3.34. The first-order valence-electron chi connectivity index (χ1n) is 6.08. The molecule has 0 aromatic heterocycles. The van der Waals surface area contributed by atoms with Gasteiger partial charge in [0.2, 0.25) is 0 Å². The van der Waals surface area contributed by atoms with Gasteiger partial charge in [-0.25, -0.2) is 0 Å². The van der Waals surface area contributed by atoms with Crippen molar-refractivity contribution in [3.8, 4) is 0 Å². The molecule has 0 aliphatic heterocycles. The highest BCUT2D eigenvalue weighted by molar-refractivity contribution is 5.21. The summed E-state index contributed by atoms with van der Waals surface area (Å²) in [7, 11) is 0. The highest BCUT2D eigenvalue weighted by atomic mass is 14.9. The van der Waals surface area contributed by atoms with Crippen LogP contribution in [-0.4, -0.2) is 6.04 Å². The molecule has 88 valence electrons. The van der Waals surface area contributed by atoms with Crippen LogP contribution in [-0.2, 0) is 6.42 Å². The third kappa shape index (κ3) is 5.01. The number of hydrogen-bond acceptors (Lipinski definition) is 1. The number of nitrogens with one attached hydrogen (secondary N) is 1. The molecule has 0 amide bonds. The van der Waals surface area contributed by atoms with Crippen LogP contribution in [0.1, 0.15) is 37.8 Å². The van der Waals surface area contributed by atoms with Crippen molar-refractivity contribution in [2.75, 3.05) is 0 Å². The standard InChI is InChI=1S/C15H23N/c1-12(2)16-14(4)6-5-7-15-10-8-13(3)9-11-15/h8-12,16H,4-7H2,1-3H3. The van der Waals surface area contributed by atoms with Crippen LogP contribution in [0, 0.1) is 6.92 Å². The number of hydrogen-bond donors (Lipinski definition) is 1. The topological polar surface area (TPSA) is 12.0 Å². The van der Waals surface area contributed by atoms with E-state index in [0.29, 0.717) is 6.04 Å². The lowest BCUT2D eigenvalue weighted by Crippen LogP contribution is -2.21. The van der Waals surface area contributed by atoms with Gasteiger partial charge in [0, 0.05) is 11.7 Å². The largest absolute Gasteiger partial charge is 0.387 e. The third-order valence-electron chi connectivity index (χ3n) is 2.56. The second kappa shape index (κ2) is 6.37. The maximum absolute atomic E-state index is 4.03. The van der Waals surface area contributed by atoms with E-state index in [1.165, 1.54) is 17.5 Å². The van der Waals surface area contributed by atoms with Crippen LogP contribution in [0.25, 0.3) is 0 Å². The van der Waals surface area contributed by atoms with Crippen LogP contribution < -0.4 is 5.32 Å². The second-order valence-corrected chi connectivity index (χ2v) is 4.74. The fourth-order valence-corrected chi connectivity index (χ4v) is 1.74. The van der Waals surface area contributed by atoms with Crippen LogP contribution in [0.3, 0.4) is 0 Å². The van der Waals surface area contributed by atoms with Gasteiger partial charge in [-0.2, -0.15) is 0 Å². The van der Waals surface area contributed by atoms with Gasteiger partial charge in [0.1, 0.15) is 0 Å². The Hall–Kier alpha value is -1.24. The van der Waals surface area contributed by atoms with Crippen LogP contribution in [0.15, 0.2) is 36.5 Å². The average molecular weight is 217 g/mol. The molecule has 0 atom stereocenters. The van der Waals surface area contributed by atoms with E-state index >= 15 is 0 Å². The molecule has 1 N–H and O–H groups in total. The highest BCUT2D eigenvalue weighted by Gasteiger charge is 1.98. The molecule has 1 aromatic carbocycles. The molecule has 0 unspecified atom stereocenters. The fourth-order valence-electron chi connectivity index (χ4n) is 1.74. The maximum atomic E-state index is 4.03. The smallest absolute Gasteiger partial charge is 0.0201 e. The first-order valence-corrected chi connectivity index (χ1v) is 6.08. The maximum Gasteiger partial charge on any atom is 0.0201 e. The Morgan fingerprint density at radius 2 is 1.88 bits per heavy atom. The van der Waals surface area contributed by atoms with E-state index in [1.807, 2.05) is 0 Å². The van der Waals surface area contributed by atoms with Gasteiger partial charge in [0.05, 0.1) is 0 Å². The molecule has 16 heavy (non-hydrogen) atoms. The summed E-state index contributed by atoms with van der Waals surface area (Å²) in [6.07, 6.45) is 3.37. The zero-order valence-corrected chi connectivity index (χ0v) is 10.7. The summed E-state index contributed by atoms with van der Waals surface area (Å²) >= 11 is 0. The van der Waals surface area contributed by atoms with Crippen molar-refractivity contribution in [1.82, 2.24) is 5.32 Å². The summed E-state index contributed by atoms with van der Waals surface area (Å²) in [5.74, 6) is 0. The monoisotopic (exact) mass is 217 g/mol. The normalized spacial score (nSPS) is 10.5. The van der Waals surface area contributed by atoms with Gasteiger partial charge in [0.15, 0.2) is 0 Å². The number of rotatable bonds is 6. The fraction of sp³-hybridized carbons (Fsp3) is 0.467. The van der Waals surface area contributed by atoms with E-state index in [4.69, 9.17) is 0 Å². The molecule has 1 rings (SSSR count). The Bertz CT molecular complexity index is 322. The van der Waals surface area contributed by atoms with E-state index in [-0.39, 0.29) is 0 Å². The van der Waals surface area contributed by atoms with Gasteiger partial charge >= 0.3 is 0 Å². The molecule has 0 radical (unpaired) electrons. The van der Waals surface area contributed by atoms with Crippen molar-refractivity contribution >= 4 is 0 Å². The van der Waals surface area contributed by atoms with Crippen LogP contribution in [0.5, 0.6) is 0 Å². The predicted molar refractivity (Wildman–Crippen MR) is 71.5 cm³/mol. The van der Waals surface area contributed by atoms with Crippen molar-refractivity contribution in [2.45, 2.75) is 46.1 Å². The Morgan fingerprint density at radius 3 is 2.44 bits per heavy atom. The SMILES string of the molecule is C=C(CCCc1ccc(C)cc1)NC(C)C. The molecule has 0 aliphatic rings. The Kier molecular flexibility index (Phi) is 5.10. The van der Waals surface area contributed by atoms with Crippen molar-refractivity contribution in [3.05, 3.63) is 47.7 Å². The average Bonchev–Trinajstić information content (AvgIpc) is 2.20. The molecular formula is C15H23N. The van der Waals surface area contributed by atoms with Crippen LogP contribution in [0.4, 0.5) is 0 Å². The summed E-state index contributed by atoms with van der Waals surface area (Å²) < 4.78 is 0. The molecule has 1 nitrogen and oxygen atoms in total. The third-order valence-corrected chi connectivity index (χ3v) is 2.56. The molecule has 0 fully saturated rings. The summed E-state index contributed by atoms with van der Waals surface area (Å²) in [4.78, 5) is 0. The van der Waals surface area contributed by atoms with Crippen molar-refractivity contribution < 1.29 is 0 Å². The Labute approximate surface area is 99.6 Å². The molecule has 0 aliphatic carbocycles. The van der Waals surface area contributed by atoms with Crippen molar-refractivity contribution in [1.29, 1.82) is 0 Å². The lowest BCUT2D eigenvalue weighted by Gasteiger charge is -2.12. The summed E-state index contributed by atoms with van der Waals surface area (Å²) in [6.45, 7) is 10.4. The Morgan fingerprint density at radius 1 is 1.25 bits per heavy atom. The molecule has 0 bridgehead atoms. The lowest BCUT2D eigenvalue weighted by molar-refractivity contribution is 0.630. The summed E-state index contributed by atoms with van der Waals surface area (Å²) in [5.41, 5.74) is 3.90. The van der Waals surface area contributed by atoms with E-state index in [9.17, 15) is 0 Å². The molecule has 0 spiro atoms. The lowest BCUT2D eigenvalue weighted by atomic mass is 10.1. The first kappa shape index (κ1) is 12.8. The van der Waals surface area contributed by atoms with Gasteiger partial charge < -0.3 is 5.32 Å². The number of benzene rings is 1. The minimum atomic E-state index is 0.492. The molecule has 1 heteroatoms. The number of aryl methyl sites for hydroxylation is 2. The van der Waals surface area contributed by atoms with Gasteiger partial charge in [-0.1, -0.05) is 36.4 Å². The minimum Gasteiger partial charge on any atom is -0.387 e. The highest BCUT2D eigenvalue weighted by Crippen LogP contribution is 2.09. The van der Waals surface area contributed by atoms with Crippen molar-refractivity contribution in [3.63, 3.8) is 0 Å². The first-order chi connectivity index (χ1) is 7.58. The van der Waals surface area contributed by atoms with E-state index in [1.54, 1.807) is 0 Å². The molecule has 0 saturated carbocycles. The second-order valence-electron chi connectivity index (χ2n) is 4.74. The quantitative estimate of drug-likeness (QED) is 0.763. The molecule has 1 aromatic rings. The molecular weight excluding hydrogens is 194 g/mol. The summed E-state index contributed by atoms with van der Waals surface area (Å²) in [6, 6.07) is 9.28. The molecule has 0 heterocycles. The van der Waals surface area contributed by atoms with Gasteiger partial charge in [-0.3, -0.25) is 0 Å². The Balaban J connectivity index is 2.25. The predicted octanol–water partition coefficient (Wildman–Crippen LogP) is 3.83. The van der Waals surface area contributed by atoms with Crippen molar-refractivity contribution in [2.24, 2.45) is 0 Å². The zero-order valence-electron chi connectivity index (χ0n) is 10.7. The van der Waals surface area contributed by atoms with E-state index < -0.39 is 0 Å². The van der Waals surface area contributed by atoms with Crippen LogP contribution in [0.2, 0.25) is 0 Å². The number of allylic oxidation sites excluding steroid dienone is 1. The van der Waals surface area contributed by atoms with E-state index in [2.05, 4.69) is 56.9 Å². The van der Waals surface area contributed by atoms with Gasteiger partial charge in [0.25, 0.3) is 0 Å². The van der Waals surface area contributed by atoms with E-state index in [0.717, 1.165) is 18.5 Å². The minimum absolute atomic E-state index is 0.492.